The topological polar surface area (TPSA) is 147 Å². The standard InChI is InChI=1S/C53H66N2O11S/c1-3-5-27-61-52(58)55(35-37-20-22-46-47(31-37)63-36-62-46)48-34-44(54-66-49-19-11-14-28-60-49)42-32-38(15-9-12-24-56)41(18-10-13-25-57)50-43-33-39(59-29-30-67-40-16-7-6-8-17-40)21-23-45(43)65-53(48,51(42)50)64-26-4-2/h3-4,6-8,16-17,20-23,31-33,38,41,48-51,56-57H,1-2,5,9-15,18-19,24-30,34-36H2/t38-,41+,48-,49?,50+,51+,53+/m0/s1. The average molecular weight is 939 g/mol. The summed E-state index contributed by atoms with van der Waals surface area (Å²) in [6.07, 6.45) is 12.6. The highest BCUT2D eigenvalue weighted by Gasteiger charge is 2.66. The van der Waals surface area contributed by atoms with Crippen LogP contribution in [0.25, 0.3) is 0 Å². The van der Waals surface area contributed by atoms with Crippen molar-refractivity contribution >= 4 is 23.6 Å². The number of fused-ring (bicyclic) bond motifs is 3. The Hall–Kier alpha value is -4.99. The molecule has 0 aromatic heterocycles. The minimum absolute atomic E-state index is 0.0432. The third-order valence-corrected chi connectivity index (χ3v) is 14.4. The summed E-state index contributed by atoms with van der Waals surface area (Å²) in [4.78, 5) is 24.1. The number of aliphatic hydroxyl groups excluding tert-OH is 2. The predicted molar refractivity (Wildman–Crippen MR) is 257 cm³/mol. The number of ether oxygens (including phenoxy) is 7. The summed E-state index contributed by atoms with van der Waals surface area (Å²) in [6.45, 7) is 9.71. The van der Waals surface area contributed by atoms with Gasteiger partial charge < -0.3 is 48.2 Å². The first-order valence-electron chi connectivity index (χ1n) is 24.1. The number of unbranched alkanes of at least 4 members (excludes halogenated alkanes) is 2. The number of hydrogen-bond donors (Lipinski definition) is 2. The lowest BCUT2D eigenvalue weighted by molar-refractivity contribution is -0.256. The van der Waals surface area contributed by atoms with Gasteiger partial charge in [0.2, 0.25) is 18.9 Å². The zero-order valence-corrected chi connectivity index (χ0v) is 39.3. The van der Waals surface area contributed by atoms with Crippen molar-refractivity contribution in [1.82, 2.24) is 4.90 Å². The van der Waals surface area contributed by atoms with E-state index < -0.39 is 30.1 Å². The zero-order valence-electron chi connectivity index (χ0n) is 38.5. The van der Waals surface area contributed by atoms with Crippen LogP contribution >= 0.6 is 11.8 Å². The first-order chi connectivity index (χ1) is 33.0. The molecule has 2 aliphatic carbocycles. The smallest absolute Gasteiger partial charge is 0.410 e. The molecular formula is C53H66N2O11S. The van der Waals surface area contributed by atoms with E-state index in [1.165, 1.54) is 4.90 Å². The second kappa shape index (κ2) is 23.8. The molecule has 13 nitrogen and oxygen atoms in total. The number of allylic oxidation sites excluding steroid dienone is 1. The fraction of sp³-hybridized carbons (Fsp3) is 0.509. The van der Waals surface area contributed by atoms with Gasteiger partial charge in [-0.2, -0.15) is 0 Å². The number of rotatable bonds is 24. The van der Waals surface area contributed by atoms with Gasteiger partial charge in [-0.25, -0.2) is 4.79 Å². The maximum atomic E-state index is 14.9. The van der Waals surface area contributed by atoms with E-state index in [0.717, 1.165) is 66.7 Å². The van der Waals surface area contributed by atoms with Gasteiger partial charge in [0.25, 0.3) is 0 Å². The number of amides is 1. The van der Waals surface area contributed by atoms with Crippen molar-refractivity contribution in [3.8, 4) is 23.0 Å². The maximum Gasteiger partial charge on any atom is 0.410 e. The second-order valence-corrected chi connectivity index (χ2v) is 18.9. The summed E-state index contributed by atoms with van der Waals surface area (Å²) in [6, 6.07) is 21.2. The third kappa shape index (κ3) is 11.5. The van der Waals surface area contributed by atoms with Crippen molar-refractivity contribution < 1.29 is 53.0 Å². The van der Waals surface area contributed by atoms with E-state index in [2.05, 4.69) is 37.4 Å². The molecule has 3 aliphatic heterocycles. The number of nitrogens with zero attached hydrogens (tertiary/aromatic N) is 2. The van der Waals surface area contributed by atoms with Gasteiger partial charge in [-0.1, -0.05) is 60.5 Å². The number of carbonyl (C=O) groups excluding carboxylic acids is 1. The van der Waals surface area contributed by atoms with Crippen LogP contribution in [0.15, 0.2) is 114 Å². The minimum Gasteiger partial charge on any atom is -0.493 e. The number of benzene rings is 3. The summed E-state index contributed by atoms with van der Waals surface area (Å²) in [5.41, 5.74) is 3.40. The number of carbonyl (C=O) groups is 1. The van der Waals surface area contributed by atoms with Crippen molar-refractivity contribution in [2.24, 2.45) is 22.9 Å². The lowest BCUT2D eigenvalue weighted by Crippen LogP contribution is -2.70. The molecule has 14 heteroatoms. The molecule has 8 rings (SSSR count). The van der Waals surface area contributed by atoms with Crippen LogP contribution < -0.4 is 18.9 Å². The van der Waals surface area contributed by atoms with E-state index in [1.54, 1.807) is 28.8 Å². The van der Waals surface area contributed by atoms with Gasteiger partial charge in [-0.3, -0.25) is 4.90 Å². The minimum atomic E-state index is -1.48. The van der Waals surface area contributed by atoms with E-state index >= 15 is 0 Å². The van der Waals surface area contributed by atoms with Crippen molar-refractivity contribution in [3.05, 3.63) is 115 Å². The molecule has 67 heavy (non-hydrogen) atoms. The summed E-state index contributed by atoms with van der Waals surface area (Å²) >= 11 is 1.74. The molecule has 360 valence electrons. The van der Waals surface area contributed by atoms with E-state index in [1.807, 2.05) is 48.5 Å². The lowest BCUT2D eigenvalue weighted by Gasteiger charge is -2.60. The highest BCUT2D eigenvalue weighted by Crippen LogP contribution is 2.62. The van der Waals surface area contributed by atoms with E-state index in [9.17, 15) is 15.0 Å². The second-order valence-electron chi connectivity index (χ2n) is 17.7. The summed E-state index contributed by atoms with van der Waals surface area (Å²) in [7, 11) is 0. The number of hydrogen-bond acceptors (Lipinski definition) is 13. The molecule has 1 saturated carbocycles. The Labute approximate surface area is 399 Å². The number of aliphatic hydroxyl groups is 2. The Morgan fingerprint density at radius 2 is 1.75 bits per heavy atom. The first-order valence-corrected chi connectivity index (χ1v) is 25.0. The molecule has 0 spiro atoms. The first kappa shape index (κ1) is 48.5. The largest absolute Gasteiger partial charge is 0.493 e. The molecule has 3 aromatic rings. The van der Waals surface area contributed by atoms with Crippen LogP contribution in [0.2, 0.25) is 0 Å². The summed E-state index contributed by atoms with van der Waals surface area (Å²) in [5.74, 6) is 1.26. The molecule has 2 fully saturated rings. The van der Waals surface area contributed by atoms with Gasteiger partial charge in [0.05, 0.1) is 38.1 Å². The Morgan fingerprint density at radius 1 is 0.925 bits per heavy atom. The van der Waals surface area contributed by atoms with E-state index in [4.69, 9.17) is 43.2 Å². The fourth-order valence-corrected chi connectivity index (χ4v) is 11.1. The van der Waals surface area contributed by atoms with Gasteiger partial charge >= 0.3 is 6.09 Å². The molecule has 0 bridgehead atoms. The SMILES string of the molecule is C=CCCOC(=O)N(Cc1ccc2c(c1)OCO2)[C@H]1CC(=NOC2CCCCO2)C2=C[C@H](CCCCO)[C@@H](CCCCO)[C@@H]3c4cc(OCCSc5ccccc5)ccc4O[C@@]1(OCC=C)[C@H]23. The van der Waals surface area contributed by atoms with Crippen molar-refractivity contribution in [3.63, 3.8) is 0 Å². The average Bonchev–Trinajstić information content (AvgIpc) is 3.83. The molecule has 3 aromatic carbocycles. The molecule has 2 N–H and O–H groups in total. The van der Waals surface area contributed by atoms with Crippen LogP contribution in [0.1, 0.15) is 87.7 Å². The third-order valence-electron chi connectivity index (χ3n) is 13.4. The maximum absolute atomic E-state index is 14.9. The Bertz CT molecular complexity index is 2180. The molecule has 7 atom stereocenters. The molecule has 5 aliphatic rings. The highest BCUT2D eigenvalue weighted by atomic mass is 32.2. The highest BCUT2D eigenvalue weighted by molar-refractivity contribution is 7.99. The molecule has 3 heterocycles. The lowest BCUT2D eigenvalue weighted by atomic mass is 9.55. The van der Waals surface area contributed by atoms with Gasteiger partial charge in [0.1, 0.15) is 17.5 Å². The van der Waals surface area contributed by atoms with Gasteiger partial charge in [-0.05, 0) is 110 Å². The van der Waals surface area contributed by atoms with Crippen molar-refractivity contribution in [2.75, 3.05) is 52.2 Å². The molecule has 1 unspecified atom stereocenters. The molecule has 0 radical (unpaired) electrons. The van der Waals surface area contributed by atoms with Crippen molar-refractivity contribution in [1.29, 1.82) is 0 Å². The van der Waals surface area contributed by atoms with Crippen LogP contribution in [0, 0.1) is 17.8 Å². The van der Waals surface area contributed by atoms with Crippen LogP contribution in [-0.4, -0.2) is 97.2 Å². The number of oxime groups is 1. The fourth-order valence-electron chi connectivity index (χ4n) is 10.3. The normalized spacial score (nSPS) is 25.2. The van der Waals surface area contributed by atoms with Gasteiger partial charge in [0, 0.05) is 54.7 Å². The van der Waals surface area contributed by atoms with Gasteiger partial charge in [-0.15, -0.1) is 24.9 Å². The predicted octanol–water partition coefficient (Wildman–Crippen LogP) is 9.96. The Balaban J connectivity index is 1.28. The Morgan fingerprint density at radius 3 is 2.54 bits per heavy atom. The van der Waals surface area contributed by atoms with E-state index in [-0.39, 0.29) is 63.9 Å². The quantitative estimate of drug-likeness (QED) is 0.0381. The summed E-state index contributed by atoms with van der Waals surface area (Å²) < 4.78 is 44.7. The van der Waals surface area contributed by atoms with Crippen LogP contribution in [0.4, 0.5) is 4.79 Å². The van der Waals surface area contributed by atoms with Gasteiger partial charge in [0.15, 0.2) is 11.5 Å². The monoisotopic (exact) mass is 938 g/mol. The van der Waals surface area contributed by atoms with Crippen LogP contribution in [-0.2, 0) is 25.6 Å². The number of thioether (sulfide) groups is 1. The molecule has 1 saturated heterocycles. The molecule has 1 amide bonds. The van der Waals surface area contributed by atoms with Crippen LogP contribution in [0.3, 0.4) is 0 Å². The Kier molecular flexibility index (Phi) is 17.2. The van der Waals surface area contributed by atoms with Crippen LogP contribution in [0.5, 0.6) is 23.0 Å². The summed E-state index contributed by atoms with van der Waals surface area (Å²) in [5, 5.41) is 25.1. The van der Waals surface area contributed by atoms with Crippen molar-refractivity contribution in [2.45, 2.75) is 106 Å². The zero-order chi connectivity index (χ0) is 46.4. The molecular weight excluding hydrogens is 873 g/mol. The van der Waals surface area contributed by atoms with E-state index in [0.29, 0.717) is 61.9 Å².